The molecule has 0 saturated carbocycles. The summed E-state index contributed by atoms with van der Waals surface area (Å²) >= 11 is 6.48. The van der Waals surface area contributed by atoms with Crippen LogP contribution in [-0.4, -0.2) is 71.4 Å². The molecule has 1 fully saturated rings. The van der Waals surface area contributed by atoms with Crippen LogP contribution in [0.4, 0.5) is 0 Å². The number of hydrogen-bond acceptors (Lipinski definition) is 8. The normalized spacial score (nSPS) is 24.1. The molecule has 0 unspecified atom stereocenters. The number of methoxy groups -OCH3 is 1. The Morgan fingerprint density at radius 2 is 1.54 bits per heavy atom. The highest BCUT2D eigenvalue weighted by atomic mass is 35.5. The molecule has 1 saturated heterocycles. The van der Waals surface area contributed by atoms with Crippen LogP contribution in [0.1, 0.15) is 33.9 Å². The van der Waals surface area contributed by atoms with E-state index in [4.69, 9.17) is 25.9 Å². The first kappa shape index (κ1) is 27.1. The van der Waals surface area contributed by atoms with Crippen LogP contribution >= 0.6 is 11.6 Å². The second-order valence-corrected chi connectivity index (χ2v) is 9.23. The number of ether oxygens (including phenoxy) is 2. The summed E-state index contributed by atoms with van der Waals surface area (Å²) in [6.07, 6.45) is -5.62. The van der Waals surface area contributed by atoms with E-state index in [0.717, 1.165) is 28.0 Å². The summed E-state index contributed by atoms with van der Waals surface area (Å²) in [4.78, 5) is 5.08. The molecule has 37 heavy (non-hydrogen) atoms. The highest BCUT2D eigenvalue weighted by Gasteiger charge is 2.44. The number of benzene rings is 3. The quantitative estimate of drug-likeness (QED) is 0.262. The maximum absolute atomic E-state index is 10.5. The highest BCUT2D eigenvalue weighted by molar-refractivity contribution is 6.31. The molecule has 0 bridgehead atoms. The molecule has 1 aliphatic rings. The van der Waals surface area contributed by atoms with Gasteiger partial charge in [0.2, 0.25) is 0 Å². The van der Waals surface area contributed by atoms with Gasteiger partial charge in [-0.15, -0.1) is 0 Å². The lowest BCUT2D eigenvalue weighted by Crippen LogP contribution is -2.55. The molecule has 5 atom stereocenters. The van der Waals surface area contributed by atoms with Gasteiger partial charge in [0.25, 0.3) is 0 Å². The number of aliphatic hydroxyl groups is 4. The molecule has 0 aliphatic carbocycles. The van der Waals surface area contributed by atoms with Gasteiger partial charge < -0.3 is 34.7 Å². The fraction of sp³-hybridized carbons (Fsp3) is 0.321. The number of halogens is 1. The molecule has 0 aromatic heterocycles. The smallest absolute Gasteiger partial charge is 0.118 e. The first-order valence-electron chi connectivity index (χ1n) is 11.8. The van der Waals surface area contributed by atoms with Crippen LogP contribution in [0.3, 0.4) is 0 Å². The maximum Gasteiger partial charge on any atom is 0.118 e. The van der Waals surface area contributed by atoms with Crippen molar-refractivity contribution in [3.63, 3.8) is 0 Å². The van der Waals surface area contributed by atoms with Crippen LogP contribution in [0.15, 0.2) is 71.9 Å². The molecule has 196 valence electrons. The van der Waals surface area contributed by atoms with Gasteiger partial charge in [-0.25, -0.2) is 0 Å². The third-order valence-electron chi connectivity index (χ3n) is 6.46. The van der Waals surface area contributed by atoms with Crippen molar-refractivity contribution >= 4 is 17.3 Å². The van der Waals surface area contributed by atoms with Gasteiger partial charge >= 0.3 is 0 Å². The van der Waals surface area contributed by atoms with E-state index in [1.807, 2.05) is 48.5 Å². The number of hydrogen-bond donors (Lipinski definition) is 4. The molecular formula is C28H30ClNO7. The van der Waals surface area contributed by atoms with Gasteiger partial charge in [0.15, 0.2) is 0 Å². The van der Waals surface area contributed by atoms with Crippen molar-refractivity contribution in [3.8, 4) is 5.75 Å². The molecule has 0 spiro atoms. The highest BCUT2D eigenvalue weighted by Crippen LogP contribution is 2.34. The first-order chi connectivity index (χ1) is 17.9. The van der Waals surface area contributed by atoms with E-state index in [1.54, 1.807) is 25.3 Å². The minimum Gasteiger partial charge on any atom is -0.497 e. The monoisotopic (exact) mass is 527 g/mol. The van der Waals surface area contributed by atoms with Gasteiger partial charge in [-0.3, -0.25) is 0 Å². The summed E-state index contributed by atoms with van der Waals surface area (Å²) in [6, 6.07) is 20.6. The van der Waals surface area contributed by atoms with Gasteiger partial charge in [-0.1, -0.05) is 53.2 Å². The average Bonchev–Trinajstić information content (AvgIpc) is 2.92. The molecular weight excluding hydrogens is 498 g/mol. The summed E-state index contributed by atoms with van der Waals surface area (Å²) in [5, 5.41) is 45.0. The lowest BCUT2D eigenvalue weighted by Gasteiger charge is -2.40. The van der Waals surface area contributed by atoms with Crippen molar-refractivity contribution in [2.24, 2.45) is 5.16 Å². The Balaban J connectivity index is 1.55. The standard InChI is InChI=1S/C28H30ClNO7/c1-35-21-10-7-18(8-11-21)24(30-36-2)17-5-3-16(4-6-17)13-20-14-19(9-12-22(20)29)28-27(34)26(33)25(32)23(15-31)37-28/h3-12,14,23,25-28,31-34H,13,15H2,1-2H3/t23-,25-,26+,27-,28+/m1/s1. The zero-order valence-electron chi connectivity index (χ0n) is 20.5. The van der Waals surface area contributed by atoms with Gasteiger partial charge in [0.05, 0.1) is 13.7 Å². The van der Waals surface area contributed by atoms with Gasteiger partial charge in [0, 0.05) is 16.1 Å². The average molecular weight is 528 g/mol. The molecule has 0 radical (unpaired) electrons. The van der Waals surface area contributed by atoms with E-state index in [0.29, 0.717) is 22.7 Å². The molecule has 4 rings (SSSR count). The van der Waals surface area contributed by atoms with E-state index in [2.05, 4.69) is 5.16 Å². The van der Waals surface area contributed by atoms with E-state index in [9.17, 15) is 20.4 Å². The Morgan fingerprint density at radius 3 is 2.14 bits per heavy atom. The molecule has 8 nitrogen and oxygen atoms in total. The van der Waals surface area contributed by atoms with E-state index in [-0.39, 0.29) is 0 Å². The van der Waals surface area contributed by atoms with Crippen molar-refractivity contribution in [2.45, 2.75) is 36.9 Å². The summed E-state index contributed by atoms with van der Waals surface area (Å²) in [7, 11) is 3.12. The summed E-state index contributed by atoms with van der Waals surface area (Å²) in [5.41, 5.74) is 4.80. The Kier molecular flexibility index (Phi) is 8.81. The number of aliphatic hydroxyl groups excluding tert-OH is 4. The lowest BCUT2D eigenvalue weighted by atomic mass is 9.90. The Morgan fingerprint density at radius 1 is 0.892 bits per heavy atom. The lowest BCUT2D eigenvalue weighted by molar-refractivity contribution is -0.231. The van der Waals surface area contributed by atoms with E-state index >= 15 is 0 Å². The third-order valence-corrected chi connectivity index (χ3v) is 6.83. The number of rotatable bonds is 8. The fourth-order valence-electron chi connectivity index (χ4n) is 4.40. The summed E-state index contributed by atoms with van der Waals surface area (Å²) < 4.78 is 10.9. The SMILES string of the molecule is CON=C(c1ccc(Cc2cc([C@@H]3O[C@H](CO)[C@@H](O)[C@H](O)[C@H]3O)ccc2Cl)cc1)c1ccc(OC)cc1. The van der Waals surface area contributed by atoms with Crippen molar-refractivity contribution in [3.05, 3.63) is 99.6 Å². The molecule has 1 heterocycles. The van der Waals surface area contributed by atoms with Crippen LogP contribution in [-0.2, 0) is 16.0 Å². The maximum atomic E-state index is 10.5. The van der Waals surface area contributed by atoms with Gasteiger partial charge in [0.1, 0.15) is 49.1 Å². The Labute approximate surface area is 220 Å². The Hall–Kier alpha value is -2.98. The zero-order chi connectivity index (χ0) is 26.5. The summed E-state index contributed by atoms with van der Waals surface area (Å²) in [5.74, 6) is 0.749. The minimum absolute atomic E-state index is 0.487. The van der Waals surface area contributed by atoms with Crippen molar-refractivity contribution in [1.82, 2.24) is 0 Å². The number of oxime groups is 1. The minimum atomic E-state index is -1.45. The van der Waals surface area contributed by atoms with Gasteiger partial charge in [-0.05, 0) is 53.4 Å². The van der Waals surface area contributed by atoms with Crippen molar-refractivity contribution < 1.29 is 34.7 Å². The molecule has 4 N–H and O–H groups in total. The predicted octanol–water partition coefficient (Wildman–Crippen LogP) is 2.85. The first-order valence-corrected chi connectivity index (χ1v) is 12.2. The zero-order valence-corrected chi connectivity index (χ0v) is 21.2. The molecule has 3 aromatic rings. The molecule has 0 amide bonds. The molecule has 3 aromatic carbocycles. The van der Waals surface area contributed by atoms with Crippen molar-refractivity contribution in [1.29, 1.82) is 0 Å². The fourth-order valence-corrected chi connectivity index (χ4v) is 4.58. The third kappa shape index (κ3) is 5.96. The second kappa shape index (κ2) is 12.0. The van der Waals surface area contributed by atoms with Crippen LogP contribution in [0.2, 0.25) is 5.02 Å². The topological polar surface area (TPSA) is 121 Å². The van der Waals surface area contributed by atoms with Crippen LogP contribution in [0.5, 0.6) is 5.75 Å². The van der Waals surface area contributed by atoms with E-state index in [1.165, 1.54) is 7.11 Å². The largest absolute Gasteiger partial charge is 0.497 e. The Bertz CT molecular complexity index is 1210. The molecule has 9 heteroatoms. The van der Waals surface area contributed by atoms with Crippen LogP contribution < -0.4 is 4.74 Å². The van der Waals surface area contributed by atoms with Crippen LogP contribution in [0, 0.1) is 0 Å². The van der Waals surface area contributed by atoms with Gasteiger partial charge in [-0.2, -0.15) is 0 Å². The predicted molar refractivity (Wildman–Crippen MR) is 139 cm³/mol. The number of nitrogens with zero attached hydrogens (tertiary/aromatic N) is 1. The van der Waals surface area contributed by atoms with Crippen molar-refractivity contribution in [2.75, 3.05) is 20.8 Å². The summed E-state index contributed by atoms with van der Waals surface area (Å²) in [6.45, 7) is -0.487. The second-order valence-electron chi connectivity index (χ2n) is 8.83. The molecule has 1 aliphatic heterocycles. The van der Waals surface area contributed by atoms with Crippen LogP contribution in [0.25, 0.3) is 0 Å². The van der Waals surface area contributed by atoms with E-state index < -0.39 is 37.1 Å².